The van der Waals surface area contributed by atoms with Crippen molar-refractivity contribution in [1.29, 1.82) is 0 Å². The number of rotatable bonds is 1. The number of hydrogen-bond acceptors (Lipinski definition) is 3. The minimum Gasteiger partial charge on any atom is -0.493 e. The predicted molar refractivity (Wildman–Crippen MR) is 72.6 cm³/mol. The first-order valence-electron chi connectivity index (χ1n) is 6.24. The topological polar surface area (TPSA) is 48.1 Å². The molecule has 0 bridgehead atoms. The molecule has 0 unspecified atom stereocenters. The van der Waals surface area contributed by atoms with Crippen LogP contribution in [0.4, 0.5) is 5.69 Å². The predicted octanol–water partition coefficient (Wildman–Crippen LogP) is 2.96. The second-order valence-electron chi connectivity index (χ2n) is 4.62. The largest absolute Gasteiger partial charge is 0.493 e. The van der Waals surface area contributed by atoms with Gasteiger partial charge in [-0.25, -0.2) is 0 Å². The number of hydrogen-bond donors (Lipinski definition) is 1. The Morgan fingerprint density at radius 2 is 2.11 bits per heavy atom. The van der Waals surface area contributed by atoms with E-state index in [1.54, 1.807) is 0 Å². The van der Waals surface area contributed by atoms with E-state index < -0.39 is 0 Å². The molecule has 2 heterocycles. The Morgan fingerprint density at radius 1 is 1.22 bits per heavy atom. The van der Waals surface area contributed by atoms with Crippen molar-refractivity contribution < 1.29 is 4.74 Å². The van der Waals surface area contributed by atoms with Gasteiger partial charge in [-0.1, -0.05) is 12.1 Å². The molecule has 0 fully saturated rings. The highest BCUT2D eigenvalue weighted by Crippen LogP contribution is 2.35. The van der Waals surface area contributed by atoms with E-state index in [1.165, 1.54) is 5.56 Å². The van der Waals surface area contributed by atoms with Crippen LogP contribution in [0.2, 0.25) is 0 Å². The van der Waals surface area contributed by atoms with Gasteiger partial charge in [0.1, 0.15) is 5.75 Å². The van der Waals surface area contributed by atoms with E-state index in [-0.39, 0.29) is 0 Å². The van der Waals surface area contributed by atoms with Gasteiger partial charge < -0.3 is 10.5 Å². The summed E-state index contributed by atoms with van der Waals surface area (Å²) in [6.45, 7) is 2.72. The number of aryl methyl sites for hydroxylation is 2. The van der Waals surface area contributed by atoms with Crippen LogP contribution in [0.25, 0.3) is 11.3 Å². The molecule has 3 rings (SSSR count). The lowest BCUT2D eigenvalue weighted by atomic mass is 10.00. The van der Waals surface area contributed by atoms with Crippen LogP contribution in [0.1, 0.15) is 17.7 Å². The third-order valence-corrected chi connectivity index (χ3v) is 3.34. The van der Waals surface area contributed by atoms with Gasteiger partial charge in [-0.2, -0.15) is 0 Å². The zero-order valence-corrected chi connectivity index (χ0v) is 10.4. The van der Waals surface area contributed by atoms with Gasteiger partial charge in [-0.05, 0) is 43.5 Å². The smallest absolute Gasteiger partial charge is 0.131 e. The summed E-state index contributed by atoms with van der Waals surface area (Å²) in [6, 6.07) is 10.1. The second kappa shape index (κ2) is 4.33. The molecule has 1 aromatic carbocycles. The first-order chi connectivity index (χ1) is 8.75. The monoisotopic (exact) mass is 240 g/mol. The Bertz CT molecular complexity index is 593. The van der Waals surface area contributed by atoms with Crippen molar-refractivity contribution in [1.82, 2.24) is 4.98 Å². The van der Waals surface area contributed by atoms with E-state index in [1.807, 2.05) is 19.1 Å². The van der Waals surface area contributed by atoms with Gasteiger partial charge in [-0.3, -0.25) is 4.98 Å². The molecule has 3 heteroatoms. The summed E-state index contributed by atoms with van der Waals surface area (Å²) in [5.74, 6) is 0.987. The average Bonchev–Trinajstić information content (AvgIpc) is 2.41. The number of nitrogen functional groups attached to an aromatic ring is 1. The summed E-state index contributed by atoms with van der Waals surface area (Å²) < 4.78 is 5.81. The highest BCUT2D eigenvalue weighted by atomic mass is 16.5. The number of fused-ring (bicyclic) bond motifs is 1. The van der Waals surface area contributed by atoms with E-state index in [0.29, 0.717) is 0 Å². The molecule has 1 aliphatic rings. The minimum absolute atomic E-state index is 0.726. The van der Waals surface area contributed by atoms with Crippen molar-refractivity contribution in [2.75, 3.05) is 12.3 Å². The Morgan fingerprint density at radius 3 is 2.94 bits per heavy atom. The molecule has 0 spiro atoms. The van der Waals surface area contributed by atoms with Crippen molar-refractivity contribution >= 4 is 5.69 Å². The summed E-state index contributed by atoms with van der Waals surface area (Å²) in [5.41, 5.74) is 10.7. The second-order valence-corrected chi connectivity index (χ2v) is 4.62. The fourth-order valence-corrected chi connectivity index (χ4v) is 2.31. The van der Waals surface area contributed by atoms with E-state index >= 15 is 0 Å². The van der Waals surface area contributed by atoms with Crippen molar-refractivity contribution in [3.8, 4) is 17.0 Å². The third-order valence-electron chi connectivity index (χ3n) is 3.34. The maximum Gasteiger partial charge on any atom is 0.131 e. The normalized spacial score (nSPS) is 13.8. The number of para-hydroxylation sites is 1. The molecule has 0 amide bonds. The number of nitrogens with two attached hydrogens (primary N) is 1. The molecule has 92 valence electrons. The standard InChI is InChI=1S/C15H16N2O/c1-10-13(16)7-8-14(17-10)12-6-2-4-11-5-3-9-18-15(11)12/h2,4,6-8H,3,5,9,16H2,1H3. The summed E-state index contributed by atoms with van der Waals surface area (Å²) in [6.07, 6.45) is 2.17. The molecule has 0 radical (unpaired) electrons. The molecule has 1 aromatic heterocycles. The quantitative estimate of drug-likeness (QED) is 0.833. The molecule has 3 nitrogen and oxygen atoms in total. The SMILES string of the molecule is Cc1nc(-c2cccc3c2OCCC3)ccc1N. The average molecular weight is 240 g/mol. The van der Waals surface area contributed by atoms with Crippen molar-refractivity contribution in [2.45, 2.75) is 19.8 Å². The fraction of sp³-hybridized carbons (Fsp3) is 0.267. The Labute approximate surface area is 107 Å². The van der Waals surface area contributed by atoms with Crippen molar-refractivity contribution in [2.24, 2.45) is 0 Å². The summed E-state index contributed by atoms with van der Waals surface area (Å²) in [4.78, 5) is 4.55. The van der Waals surface area contributed by atoms with Crippen LogP contribution in [0.15, 0.2) is 30.3 Å². The molecule has 18 heavy (non-hydrogen) atoms. The Balaban J connectivity index is 2.13. The Kier molecular flexibility index (Phi) is 2.67. The molecule has 2 aromatic rings. The lowest BCUT2D eigenvalue weighted by Crippen LogP contribution is -2.09. The van der Waals surface area contributed by atoms with Gasteiger partial charge in [-0.15, -0.1) is 0 Å². The van der Waals surface area contributed by atoms with E-state index in [9.17, 15) is 0 Å². The number of ether oxygens (including phenoxy) is 1. The molecule has 2 N–H and O–H groups in total. The molecule has 0 atom stereocenters. The molecule has 0 aliphatic carbocycles. The van der Waals surface area contributed by atoms with Crippen LogP contribution < -0.4 is 10.5 Å². The van der Waals surface area contributed by atoms with Gasteiger partial charge in [0.15, 0.2) is 0 Å². The lowest BCUT2D eigenvalue weighted by Gasteiger charge is -2.20. The summed E-state index contributed by atoms with van der Waals surface area (Å²) in [7, 11) is 0. The van der Waals surface area contributed by atoms with Gasteiger partial charge in [0.2, 0.25) is 0 Å². The summed E-state index contributed by atoms with van der Waals surface area (Å²) >= 11 is 0. The van der Waals surface area contributed by atoms with E-state index in [2.05, 4.69) is 23.2 Å². The Hall–Kier alpha value is -2.03. The first-order valence-corrected chi connectivity index (χ1v) is 6.24. The lowest BCUT2D eigenvalue weighted by molar-refractivity contribution is 0.289. The maximum atomic E-state index is 5.81. The highest BCUT2D eigenvalue weighted by molar-refractivity contribution is 5.70. The van der Waals surface area contributed by atoms with Crippen molar-refractivity contribution in [3.05, 3.63) is 41.6 Å². The maximum absolute atomic E-state index is 5.81. The molecular formula is C15H16N2O. The van der Waals surface area contributed by atoms with Gasteiger partial charge in [0.25, 0.3) is 0 Å². The number of aromatic nitrogens is 1. The van der Waals surface area contributed by atoms with E-state index in [0.717, 1.165) is 47.8 Å². The molecular weight excluding hydrogens is 224 g/mol. The third kappa shape index (κ3) is 1.82. The van der Waals surface area contributed by atoms with Crippen LogP contribution in [0.3, 0.4) is 0 Å². The van der Waals surface area contributed by atoms with Crippen LogP contribution in [0, 0.1) is 6.92 Å². The zero-order chi connectivity index (χ0) is 12.5. The van der Waals surface area contributed by atoms with Crippen molar-refractivity contribution in [3.63, 3.8) is 0 Å². The van der Waals surface area contributed by atoms with Gasteiger partial charge in [0, 0.05) is 5.56 Å². The van der Waals surface area contributed by atoms with Crippen LogP contribution in [-0.4, -0.2) is 11.6 Å². The van der Waals surface area contributed by atoms with Gasteiger partial charge >= 0.3 is 0 Å². The molecule has 1 aliphatic heterocycles. The number of anilines is 1. The van der Waals surface area contributed by atoms with Gasteiger partial charge in [0.05, 0.1) is 23.7 Å². The summed E-state index contributed by atoms with van der Waals surface area (Å²) in [5, 5.41) is 0. The molecule has 0 saturated heterocycles. The van der Waals surface area contributed by atoms with Crippen LogP contribution >= 0.6 is 0 Å². The van der Waals surface area contributed by atoms with Crippen LogP contribution in [0.5, 0.6) is 5.75 Å². The fourth-order valence-electron chi connectivity index (χ4n) is 2.31. The minimum atomic E-state index is 0.726. The number of pyridine rings is 1. The number of benzene rings is 1. The molecule has 0 saturated carbocycles. The number of nitrogens with zero attached hydrogens (tertiary/aromatic N) is 1. The first kappa shape index (κ1) is 11.1. The zero-order valence-electron chi connectivity index (χ0n) is 10.4. The highest BCUT2D eigenvalue weighted by Gasteiger charge is 2.16. The van der Waals surface area contributed by atoms with Crippen LogP contribution in [-0.2, 0) is 6.42 Å². The van der Waals surface area contributed by atoms with E-state index in [4.69, 9.17) is 10.5 Å².